The summed E-state index contributed by atoms with van der Waals surface area (Å²) in [6, 6.07) is 5.18. The van der Waals surface area contributed by atoms with Gasteiger partial charge >= 0.3 is 11.9 Å². The number of hydrogen-bond donors (Lipinski definition) is 5. The smallest absolute Gasteiger partial charge is 0.308 e. The predicted molar refractivity (Wildman–Crippen MR) is 447 cm³/mol. The number of amides is 2. The van der Waals surface area contributed by atoms with Crippen LogP contribution in [-0.4, -0.2) is 211 Å². The molecule has 7 fully saturated rings. The molecule has 3 aromatic heterocycles. The molecule has 2 amide bonds. The summed E-state index contributed by atoms with van der Waals surface area (Å²) in [6.07, 6.45) is 28.9. The van der Waals surface area contributed by atoms with Crippen LogP contribution >= 0.6 is 9.73 Å². The van der Waals surface area contributed by atoms with Gasteiger partial charge in [-0.05, 0) is 132 Å². The summed E-state index contributed by atoms with van der Waals surface area (Å²) in [7, 11) is 5.39. The van der Waals surface area contributed by atoms with E-state index in [9.17, 15) is 34.2 Å². The van der Waals surface area contributed by atoms with E-state index in [2.05, 4.69) is 108 Å². The summed E-state index contributed by atoms with van der Waals surface area (Å²) in [6.45, 7) is 36.8. The first-order chi connectivity index (χ1) is 56.5. The van der Waals surface area contributed by atoms with Crippen LogP contribution in [0.1, 0.15) is 190 Å². The van der Waals surface area contributed by atoms with Gasteiger partial charge in [0.25, 0.3) is 24.1 Å². The number of aliphatic hydroxyl groups excluding tert-OH is 2. The maximum atomic E-state index is 12.6. The number of epoxide rings is 2. The molecule has 654 valence electrons. The number of aromatic nitrogens is 3. The fourth-order valence-electron chi connectivity index (χ4n) is 13.7. The van der Waals surface area contributed by atoms with Gasteiger partial charge in [-0.25, -0.2) is 0 Å². The Bertz CT molecular complexity index is 3870. The predicted octanol–water partition coefficient (Wildman–Crippen LogP) is 12.4. The summed E-state index contributed by atoms with van der Waals surface area (Å²) < 4.78 is 103. The maximum absolute atomic E-state index is 12.6. The summed E-state index contributed by atoms with van der Waals surface area (Å²) >= 11 is 0. The molecule has 0 saturated carbocycles. The van der Waals surface area contributed by atoms with Crippen molar-refractivity contribution in [1.29, 1.82) is 3.84 Å². The average Bonchev–Trinajstić information content (AvgIpc) is 1.60. The molecule has 30 heteroatoms. The quantitative estimate of drug-likeness (QED) is 0.00476. The Labute approximate surface area is 698 Å². The lowest BCUT2D eigenvalue weighted by Gasteiger charge is -2.39. The van der Waals surface area contributed by atoms with Crippen LogP contribution in [-0.2, 0) is 71.3 Å². The fraction of sp³-hybridized carbons (Fsp3) is 0.609. The second-order valence-electron chi connectivity index (χ2n) is 30.7. The van der Waals surface area contributed by atoms with Crippen molar-refractivity contribution in [3.8, 4) is 17.6 Å². The topological polar surface area (TPSA) is 381 Å². The lowest BCUT2D eigenvalue weighted by atomic mass is 9.87. The SMILES string of the molecule is C.C=C/C(C)=C/C[C@@H]1O[C@H](C)[C@H](N)C[C@@H]1C.C=C/C(C)=C/C[C@@H]1O[C@H](C)[C@H](NC(=O)/C=C\C(C)c2cc(OC)no2)C[C@@H]1C.C=C[C@H]1O[C@H](CC(=O)OC)C[C@@]2(CO2)[C@@H]1O.COC(=O)C[C@@H]1C[C@@]2(CO2)[C@H](O)[C@@H](/C=C/C(C)=C/C[C@@H]2O[C@H](C)[C@H](NC(=O)/C=C\C(C)c3cc(OC)no3)C[C@@H]2C)O1.COc1cc(C(C)/C=C\OC=O)on1.[3H]P([3H])[3H]. The number of allylic oxidation sites excluding steroid dienone is 9. The molecule has 10 rings (SSSR count). The molecule has 7 saturated heterocycles. The number of nitrogens with one attached hydrogen (secondary N) is 2. The third kappa shape index (κ3) is 32.1. The van der Waals surface area contributed by atoms with E-state index in [-0.39, 0.29) is 129 Å². The molecule has 2 spiro atoms. The highest BCUT2D eigenvalue weighted by Crippen LogP contribution is 2.45. The molecule has 10 heterocycles. The highest BCUT2D eigenvalue weighted by molar-refractivity contribution is 6.92. The Morgan fingerprint density at radius 1 is 0.590 bits per heavy atom. The van der Waals surface area contributed by atoms with E-state index in [1.165, 1.54) is 59.5 Å². The lowest BCUT2D eigenvalue weighted by molar-refractivity contribution is -0.158. The summed E-state index contributed by atoms with van der Waals surface area (Å²) in [5.74, 6) is 3.10. The normalized spacial score (nSPS) is 31.1. The number of methoxy groups -OCH3 is 5. The van der Waals surface area contributed by atoms with E-state index < -0.39 is 45.4 Å². The van der Waals surface area contributed by atoms with Crippen molar-refractivity contribution in [2.24, 2.45) is 23.5 Å². The van der Waals surface area contributed by atoms with Gasteiger partial charge in [0, 0.05) is 54.8 Å². The van der Waals surface area contributed by atoms with Crippen molar-refractivity contribution in [1.82, 2.24) is 26.1 Å². The summed E-state index contributed by atoms with van der Waals surface area (Å²) in [5, 5.41) is 38.1. The average molecular weight is 1670 g/mol. The molecule has 117 heavy (non-hydrogen) atoms. The zero-order chi connectivity index (χ0) is 88.3. The lowest BCUT2D eigenvalue weighted by Crippen LogP contribution is -2.50. The van der Waals surface area contributed by atoms with E-state index in [1.54, 1.807) is 42.5 Å². The van der Waals surface area contributed by atoms with Crippen molar-refractivity contribution in [2.75, 3.05) is 48.8 Å². The van der Waals surface area contributed by atoms with Gasteiger partial charge in [0.2, 0.25) is 11.8 Å². The highest BCUT2D eigenvalue weighted by atomic mass is 31.0. The first-order valence-electron chi connectivity index (χ1n) is 40.8. The number of carbonyl (C=O) groups excluding carboxylic acids is 5. The number of hydrogen-bond acceptors (Lipinski definition) is 27. The van der Waals surface area contributed by atoms with Gasteiger partial charge in [-0.3, -0.25) is 24.0 Å². The molecule has 6 N–H and O–H groups in total. The molecule has 7 aliphatic rings. The number of rotatable bonds is 30. The zero-order valence-corrected chi connectivity index (χ0v) is 71.4. The van der Waals surface area contributed by atoms with Crippen LogP contribution in [0, 0.1) is 17.8 Å². The van der Waals surface area contributed by atoms with Gasteiger partial charge in [0.1, 0.15) is 52.9 Å². The number of nitrogens with two attached hydrogens (primary N) is 1. The first-order valence-corrected chi connectivity index (χ1v) is 39.4. The first kappa shape index (κ1) is 95.9. The number of aliphatic hydroxyl groups is 2. The third-order valence-electron chi connectivity index (χ3n) is 21.7. The van der Waals surface area contributed by atoms with Gasteiger partial charge < -0.3 is 102 Å². The van der Waals surface area contributed by atoms with Gasteiger partial charge in [-0.2, -0.15) is 9.73 Å². The van der Waals surface area contributed by atoms with Gasteiger partial charge in [-0.1, -0.05) is 140 Å². The van der Waals surface area contributed by atoms with Crippen molar-refractivity contribution < 1.29 is 109 Å². The molecular weight excluding hydrogens is 1530 g/mol. The summed E-state index contributed by atoms with van der Waals surface area (Å²) in [4.78, 5) is 57.7. The largest absolute Gasteiger partial charge is 0.479 e. The van der Waals surface area contributed by atoms with Crippen molar-refractivity contribution in [2.45, 2.75) is 275 Å². The Hall–Kier alpha value is -8.19. The highest BCUT2D eigenvalue weighted by Gasteiger charge is 2.59. The van der Waals surface area contributed by atoms with Gasteiger partial charge in [0.05, 0.1) is 133 Å². The minimum atomic E-state index is -1.87. The zero-order valence-electron chi connectivity index (χ0n) is 73.5. The molecule has 0 radical (unpaired) electrons. The molecular formula is C87H133N6O23P. The fourth-order valence-corrected chi connectivity index (χ4v) is 13.7. The van der Waals surface area contributed by atoms with Crippen LogP contribution in [0.25, 0.3) is 0 Å². The molecule has 23 atom stereocenters. The van der Waals surface area contributed by atoms with Crippen LogP contribution in [0.2, 0.25) is 0 Å². The Kier molecular flexibility index (Phi) is 41.0. The molecule has 3 aromatic rings. The van der Waals surface area contributed by atoms with Crippen molar-refractivity contribution in [3.05, 3.63) is 157 Å². The van der Waals surface area contributed by atoms with Crippen LogP contribution in [0.5, 0.6) is 17.6 Å². The van der Waals surface area contributed by atoms with Crippen LogP contribution in [0.4, 0.5) is 0 Å². The van der Waals surface area contributed by atoms with E-state index >= 15 is 0 Å². The van der Waals surface area contributed by atoms with Crippen LogP contribution in [0.15, 0.2) is 153 Å². The molecule has 7 aliphatic heterocycles. The number of esters is 2. The monoisotopic (exact) mass is 1670 g/mol. The van der Waals surface area contributed by atoms with Crippen LogP contribution < -0.4 is 30.6 Å². The second kappa shape index (κ2) is 50.0. The number of nitrogens with zero attached hydrogens (tertiary/aromatic N) is 3. The van der Waals surface area contributed by atoms with E-state index in [0.29, 0.717) is 91.8 Å². The van der Waals surface area contributed by atoms with Gasteiger partial charge in [-0.15, -0.1) is 6.58 Å². The number of ether oxygens (including phenoxy) is 13. The molecule has 0 aliphatic carbocycles. The van der Waals surface area contributed by atoms with E-state index in [1.807, 2.05) is 72.8 Å². The van der Waals surface area contributed by atoms with E-state index in [4.69, 9.17) is 75.2 Å². The van der Waals surface area contributed by atoms with Crippen molar-refractivity contribution in [3.63, 3.8) is 0 Å². The van der Waals surface area contributed by atoms with E-state index in [0.717, 1.165) is 43.3 Å². The minimum absolute atomic E-state index is 0. The minimum Gasteiger partial charge on any atom is -0.479 e. The maximum Gasteiger partial charge on any atom is 0.308 e. The third-order valence-corrected chi connectivity index (χ3v) is 21.7. The standard InChI is InChI=1S/C31H44N2O9.C22H32N2O4.C13H23NO.C11H16O5.C9H11NO4.CH4.H3P/c1-18(8-11-25-30(36)31(17-39-31)16-22(41-25)14-29(35)38-6)7-10-24-20(3)13-23(21(4)40-24)32-27(34)12-9-19(2)26-15-28(37-5)33-42-26;1-7-14(2)8-10-19-16(4)12-18(17(5)27-19)23-21(25)11-9-15(3)20-13-22(26-6)24-28-20;1-5-9(2)6-7-13-10(3)8-12(14)11(4)15-13;1-3-8-10(13)11(6-15-11)5-7(16-8)4-9(12)14-2;1-7(3-4-13-6-11)8-5-9(12-2)10-14-8;;/h7-9,11-12,15,19-25,30,36H,10,13-14,16-17H2,1-6H3,(H,32,34);7-9,11,13,15-19H,1,10,12H2,2-6H3,(H,23,25);5-6,10-13H,1,7-8,14H2,2-4H3;3,7-8,10,13H,1,4-6H2,2H3;3-7H,1-2H3;1H4;1H3/b11-8+,12-9-,18-7+;11-9-,14-8+;9-6+;;4-3-;;/t19?,20-,21+,22+,23+,24-,25+,30+,31+;15?,16-,17+,18+,19-;10-,11+,12+,13-;7-,8-,10-,11-;;;/m0001.../s1/i;;;;;;1T3. The molecule has 29 nitrogen and oxygen atoms in total. The van der Waals surface area contributed by atoms with Crippen LogP contribution in [0.3, 0.4) is 0 Å². The second-order valence-corrected chi connectivity index (χ2v) is 30.7. The molecule has 0 aromatic carbocycles. The Balaban J connectivity index is 0.000000334. The van der Waals surface area contributed by atoms with Crippen molar-refractivity contribution >= 4 is 40.0 Å². The Morgan fingerprint density at radius 3 is 1.32 bits per heavy atom. The Morgan fingerprint density at radius 2 is 0.957 bits per heavy atom. The molecule has 0 bridgehead atoms. The number of carbonyl (C=O) groups is 5. The summed E-state index contributed by atoms with van der Waals surface area (Å²) in [5.41, 5.74) is 8.16. The van der Waals surface area contributed by atoms with Gasteiger partial charge in [0.15, 0.2) is 0 Å². The molecule has 3 unspecified atom stereocenters.